The topological polar surface area (TPSA) is 193 Å². The summed E-state index contributed by atoms with van der Waals surface area (Å²) in [7, 11) is 0. The number of thiazole rings is 1. The lowest BCUT2D eigenvalue weighted by Gasteiger charge is -2.49. The minimum absolute atomic E-state index is 0.0186. The van der Waals surface area contributed by atoms with Gasteiger partial charge >= 0.3 is 5.97 Å². The maximum absolute atomic E-state index is 13.3. The lowest BCUT2D eigenvalue weighted by molar-refractivity contribution is -0.150. The lowest BCUT2D eigenvalue weighted by atomic mass is 10.0. The molecule has 40 heavy (non-hydrogen) atoms. The number of fused-ring (bicyclic) bond motifs is 1. The maximum Gasteiger partial charge on any atom is 0.352 e. The predicted molar refractivity (Wildman–Crippen MR) is 154 cm³/mol. The molecule has 0 aliphatic carbocycles. The summed E-state index contributed by atoms with van der Waals surface area (Å²) >= 11 is 8.34. The number of nitrogen functional groups attached to an aromatic ring is 1. The zero-order valence-electron chi connectivity index (χ0n) is 20.0. The van der Waals surface area contributed by atoms with E-state index in [1.165, 1.54) is 51.2 Å². The van der Waals surface area contributed by atoms with E-state index in [9.17, 15) is 24.6 Å². The number of nitrogens with two attached hydrogens (primary N) is 1. The molecule has 2 aromatic heterocycles. The Labute approximate surface area is 251 Å². The van der Waals surface area contributed by atoms with Gasteiger partial charge in [0.25, 0.3) is 11.8 Å². The lowest BCUT2D eigenvalue weighted by Crippen LogP contribution is -2.71. The molecular weight excluding hydrogens is 666 g/mol. The van der Waals surface area contributed by atoms with Crippen LogP contribution in [0.25, 0.3) is 0 Å². The zero-order chi connectivity index (χ0) is 28.4. The van der Waals surface area contributed by atoms with Gasteiger partial charge in [-0.05, 0) is 39.2 Å². The number of carboxylic acids is 1. The number of phenols is 1. The molecule has 1 fully saturated rings. The quantitative estimate of drug-likeness (QED) is 0.106. The number of carbonyl (C=O) groups is 3. The van der Waals surface area contributed by atoms with Crippen LogP contribution < -0.4 is 11.1 Å². The third kappa shape index (κ3) is 5.95. The van der Waals surface area contributed by atoms with Crippen molar-refractivity contribution in [3.05, 3.63) is 56.1 Å². The number of halogens is 1. The third-order valence-corrected chi connectivity index (χ3v) is 10.3. The van der Waals surface area contributed by atoms with Gasteiger partial charge in [-0.3, -0.25) is 14.5 Å². The second-order valence-electron chi connectivity index (χ2n) is 8.18. The van der Waals surface area contributed by atoms with Crippen LogP contribution in [0.5, 0.6) is 5.75 Å². The molecule has 1 unspecified atom stereocenters. The number of thioether (sulfide) groups is 2. The number of amides is 2. The molecule has 2 atom stereocenters. The summed E-state index contributed by atoms with van der Waals surface area (Å²) in [5.74, 6) is -1.78. The highest BCUT2D eigenvalue weighted by Gasteiger charge is 2.54. The van der Waals surface area contributed by atoms with Crippen molar-refractivity contribution in [2.45, 2.75) is 22.4 Å². The number of aliphatic carboxylic acids is 1. The number of hydrogen-bond acceptors (Lipinski definition) is 14. The fourth-order valence-electron chi connectivity index (χ4n) is 3.80. The Bertz CT molecular complexity index is 1530. The predicted octanol–water partition coefficient (Wildman–Crippen LogP) is 2.50. The smallest absolute Gasteiger partial charge is 0.352 e. The minimum Gasteiger partial charge on any atom is -0.507 e. The Balaban J connectivity index is 1.30. The van der Waals surface area contributed by atoms with E-state index in [-0.39, 0.29) is 34.6 Å². The van der Waals surface area contributed by atoms with E-state index < -0.39 is 29.2 Å². The van der Waals surface area contributed by atoms with Crippen molar-refractivity contribution < 1.29 is 29.4 Å². The Morgan fingerprint density at radius 2 is 2.17 bits per heavy atom. The van der Waals surface area contributed by atoms with Crippen LogP contribution in [0.15, 0.2) is 54.3 Å². The van der Waals surface area contributed by atoms with E-state index in [1.54, 1.807) is 17.6 Å². The summed E-state index contributed by atoms with van der Waals surface area (Å²) < 4.78 is 1.21. The van der Waals surface area contributed by atoms with Gasteiger partial charge in [0.1, 0.15) is 40.7 Å². The van der Waals surface area contributed by atoms with Gasteiger partial charge in [-0.2, -0.15) is 0 Å². The van der Waals surface area contributed by atoms with Crippen LogP contribution in [0.3, 0.4) is 0 Å². The molecule has 3 aromatic rings. The molecule has 0 saturated carbocycles. The van der Waals surface area contributed by atoms with E-state index in [1.807, 2.05) is 0 Å². The molecule has 0 bridgehead atoms. The van der Waals surface area contributed by atoms with Gasteiger partial charge in [-0.15, -0.1) is 33.3 Å². The first kappa shape index (κ1) is 28.3. The number of aromatic nitrogens is 3. The molecule has 1 aromatic carbocycles. The standard InChI is InChI=1S/C22H18BrN7O6S4/c23-11-2-1-9(3-13(11)31)4-36-29-14(12-7-38-21(24)26-12)17(32)27-15-18(33)30-16(20(34)35)10(5-37-19(15)30)6-39-22-28-25-8-40-22/h1-3,7-8,15,19,31H,4-6H2,(H2,24,26)(H,27,32)(H,34,35)/b29-14+/t15?,19-/m1/s1. The molecule has 2 amide bonds. The Hall–Kier alpha value is -3.19. The van der Waals surface area contributed by atoms with E-state index in [0.717, 1.165) is 11.3 Å². The van der Waals surface area contributed by atoms with Crippen molar-refractivity contribution in [3.63, 3.8) is 0 Å². The fourth-order valence-corrected chi connectivity index (χ4v) is 7.57. The number of carboxylic acid groups (broad SMARTS) is 1. The average molecular weight is 685 g/mol. The monoisotopic (exact) mass is 683 g/mol. The van der Waals surface area contributed by atoms with Crippen LogP contribution >= 0.6 is 62.1 Å². The molecule has 5 rings (SSSR count). The molecule has 208 valence electrons. The number of nitrogens with one attached hydrogen (secondary N) is 1. The Morgan fingerprint density at radius 3 is 2.85 bits per heavy atom. The number of benzene rings is 1. The van der Waals surface area contributed by atoms with E-state index in [4.69, 9.17) is 10.6 Å². The molecule has 1 saturated heterocycles. The SMILES string of the molecule is Nc1nc(/C(=N\OCc2ccc(Br)c(O)c2)C(=O)NC2C(=O)N3C(C(=O)O)=C(CSc4nncs4)CS[C@H]23)cs1. The van der Waals surface area contributed by atoms with Crippen molar-refractivity contribution in [2.75, 3.05) is 17.2 Å². The van der Waals surface area contributed by atoms with Crippen molar-refractivity contribution >= 4 is 90.8 Å². The number of nitrogens with zero attached hydrogens (tertiary/aromatic N) is 5. The van der Waals surface area contributed by atoms with Crippen LogP contribution in [0.2, 0.25) is 0 Å². The number of oxime groups is 1. The van der Waals surface area contributed by atoms with Gasteiger partial charge < -0.3 is 26.1 Å². The first-order chi connectivity index (χ1) is 19.2. The number of anilines is 1. The summed E-state index contributed by atoms with van der Waals surface area (Å²) in [6.45, 7) is -0.0591. The molecule has 2 aliphatic rings. The summed E-state index contributed by atoms with van der Waals surface area (Å²) in [6.07, 6.45) is 0. The molecule has 13 nitrogen and oxygen atoms in total. The Kier molecular flexibility index (Phi) is 8.60. The van der Waals surface area contributed by atoms with E-state index in [2.05, 4.69) is 41.6 Å². The van der Waals surface area contributed by atoms with Gasteiger partial charge in [0.15, 0.2) is 15.2 Å². The fraction of sp³-hybridized carbons (Fsp3) is 0.227. The first-order valence-electron chi connectivity index (χ1n) is 11.2. The minimum atomic E-state index is -1.22. The zero-order valence-corrected chi connectivity index (χ0v) is 24.9. The second-order valence-corrected chi connectivity index (χ2v) is 13.1. The highest BCUT2D eigenvalue weighted by Crippen LogP contribution is 2.41. The number of carbonyl (C=O) groups excluding carboxylic acids is 2. The van der Waals surface area contributed by atoms with Crippen LogP contribution in [0, 0.1) is 0 Å². The van der Waals surface area contributed by atoms with Gasteiger partial charge in [-0.25, -0.2) is 9.78 Å². The van der Waals surface area contributed by atoms with Crippen LogP contribution in [0.1, 0.15) is 11.3 Å². The number of phenolic OH excluding ortho intramolecular Hbond substituents is 1. The molecule has 0 radical (unpaired) electrons. The molecule has 18 heteroatoms. The normalized spacial score (nSPS) is 18.8. The van der Waals surface area contributed by atoms with Gasteiger partial charge in [0.2, 0.25) is 0 Å². The summed E-state index contributed by atoms with van der Waals surface area (Å²) in [5.41, 5.74) is 8.37. The molecule has 4 heterocycles. The van der Waals surface area contributed by atoms with Crippen LogP contribution in [-0.2, 0) is 25.8 Å². The van der Waals surface area contributed by atoms with E-state index >= 15 is 0 Å². The number of rotatable bonds is 10. The Morgan fingerprint density at radius 1 is 1.35 bits per heavy atom. The van der Waals surface area contributed by atoms with Crippen molar-refractivity contribution in [3.8, 4) is 5.75 Å². The first-order valence-corrected chi connectivity index (χ1v) is 15.8. The van der Waals surface area contributed by atoms with Crippen molar-refractivity contribution in [1.82, 2.24) is 25.4 Å². The van der Waals surface area contributed by atoms with Crippen LogP contribution in [0.4, 0.5) is 5.13 Å². The molecule has 0 spiro atoms. The highest BCUT2D eigenvalue weighted by molar-refractivity contribution is 9.10. The number of aromatic hydroxyl groups is 1. The maximum atomic E-state index is 13.3. The molecule has 5 N–H and O–H groups in total. The highest BCUT2D eigenvalue weighted by atomic mass is 79.9. The second kappa shape index (κ2) is 12.1. The van der Waals surface area contributed by atoms with Gasteiger partial charge in [-0.1, -0.05) is 34.3 Å². The summed E-state index contributed by atoms with van der Waals surface area (Å²) in [4.78, 5) is 49.1. The average Bonchev–Trinajstić information content (AvgIpc) is 3.61. The molecular formula is C22H18BrN7O6S4. The van der Waals surface area contributed by atoms with Crippen molar-refractivity contribution in [1.29, 1.82) is 0 Å². The third-order valence-electron chi connectivity index (χ3n) is 5.62. The van der Waals surface area contributed by atoms with E-state index in [0.29, 0.717) is 31.5 Å². The van der Waals surface area contributed by atoms with Gasteiger partial charge in [0, 0.05) is 16.9 Å². The van der Waals surface area contributed by atoms with Gasteiger partial charge in [0.05, 0.1) is 4.47 Å². The number of hydrogen-bond donors (Lipinski definition) is 4. The van der Waals surface area contributed by atoms with Crippen molar-refractivity contribution in [2.24, 2.45) is 5.16 Å². The van der Waals surface area contributed by atoms with Crippen LogP contribution in [-0.4, -0.2) is 76.7 Å². The molecule has 2 aliphatic heterocycles. The summed E-state index contributed by atoms with van der Waals surface area (Å²) in [6, 6.07) is 3.85. The number of β-lactam (4-membered cyclic amide) rings is 1. The summed E-state index contributed by atoms with van der Waals surface area (Å²) in [5, 5.41) is 35.2. The largest absolute Gasteiger partial charge is 0.507 e.